The molecule has 0 saturated carbocycles. The number of nitrogens with one attached hydrogen (secondary N) is 1. The average Bonchev–Trinajstić information content (AvgIpc) is 3.22. The molecule has 1 saturated heterocycles. The third-order valence-corrected chi connectivity index (χ3v) is 6.48. The number of nitrogens with zero attached hydrogens (tertiary/aromatic N) is 2. The maximum absolute atomic E-state index is 10.4. The summed E-state index contributed by atoms with van der Waals surface area (Å²) in [5.41, 5.74) is 4.35. The highest BCUT2D eigenvalue weighted by atomic mass is 80.0. The molecule has 30 heavy (non-hydrogen) atoms. The molecular formula is C22H22Br3N3O2. The van der Waals surface area contributed by atoms with Gasteiger partial charge in [0.05, 0.1) is 24.0 Å². The lowest BCUT2D eigenvalue weighted by Gasteiger charge is -2.19. The third kappa shape index (κ3) is 4.93. The average molecular weight is 600 g/mol. The molecule has 0 amide bonds. The Kier molecular flexibility index (Phi) is 6.58. The summed E-state index contributed by atoms with van der Waals surface area (Å²) in [5.74, 6) is 1.10. The molecule has 0 radical (unpaired) electrons. The summed E-state index contributed by atoms with van der Waals surface area (Å²) in [6.07, 6.45) is 2.44. The molecule has 2 N–H and O–H groups in total. The second-order valence-corrected chi connectivity index (χ2v) is 14.1. The van der Waals surface area contributed by atoms with Crippen LogP contribution in [0.1, 0.15) is 24.1 Å². The van der Waals surface area contributed by atoms with Crippen molar-refractivity contribution in [2.75, 3.05) is 25.5 Å². The molecule has 2 heterocycles. The van der Waals surface area contributed by atoms with Crippen LogP contribution in [0.4, 0.5) is 11.4 Å². The Morgan fingerprint density at radius 2 is 1.87 bits per heavy atom. The van der Waals surface area contributed by atoms with E-state index in [-0.39, 0.29) is 0 Å². The highest BCUT2D eigenvalue weighted by molar-refractivity contribution is 9.38. The molecule has 4 rings (SSSR count). The van der Waals surface area contributed by atoms with Crippen LogP contribution in [0, 0.1) is 0 Å². The highest BCUT2D eigenvalue weighted by Crippen LogP contribution is 2.45. The smallest absolute Gasteiger partial charge is 0.176 e. The van der Waals surface area contributed by atoms with Crippen molar-refractivity contribution in [1.82, 2.24) is 9.88 Å². The van der Waals surface area contributed by atoms with Crippen LogP contribution in [0.25, 0.3) is 10.9 Å². The van der Waals surface area contributed by atoms with E-state index < -0.39 is 2.14 Å². The number of pyridine rings is 1. The van der Waals surface area contributed by atoms with E-state index in [9.17, 15) is 5.11 Å². The van der Waals surface area contributed by atoms with E-state index in [4.69, 9.17) is 9.72 Å². The number of aromatic nitrogens is 1. The standard InChI is InChI=1S/C22H22Br3N3O2/c1-30-16-5-6-18-17(11-16)19(12-21(27-18)22(23,24)25)26-15-4-7-20(29)14(10-15)13-28-8-2-3-9-28/h4-7,10-12,29H,2-3,8-9,13H2,1H3,(H,26,27). The zero-order valence-electron chi connectivity index (χ0n) is 16.5. The van der Waals surface area contributed by atoms with Crippen molar-refractivity contribution < 1.29 is 9.84 Å². The van der Waals surface area contributed by atoms with E-state index in [0.717, 1.165) is 58.9 Å². The first-order valence-corrected chi connectivity index (χ1v) is 12.1. The second kappa shape index (κ2) is 9.02. The van der Waals surface area contributed by atoms with E-state index in [2.05, 4.69) is 58.0 Å². The fourth-order valence-corrected chi connectivity index (χ4v) is 4.32. The number of anilines is 2. The predicted molar refractivity (Wildman–Crippen MR) is 133 cm³/mol. The number of likely N-dealkylation sites (tertiary alicyclic amines) is 1. The Labute approximate surface area is 201 Å². The van der Waals surface area contributed by atoms with Gasteiger partial charge in [0, 0.05) is 23.2 Å². The van der Waals surface area contributed by atoms with Crippen LogP contribution in [0.15, 0.2) is 42.5 Å². The number of ether oxygens (including phenoxy) is 1. The van der Waals surface area contributed by atoms with Crippen LogP contribution in [0.3, 0.4) is 0 Å². The van der Waals surface area contributed by atoms with Gasteiger partial charge < -0.3 is 15.2 Å². The normalized spacial score (nSPS) is 14.9. The lowest BCUT2D eigenvalue weighted by atomic mass is 10.1. The largest absolute Gasteiger partial charge is 0.508 e. The zero-order chi connectivity index (χ0) is 21.3. The first kappa shape index (κ1) is 21.9. The molecule has 0 spiro atoms. The first-order valence-electron chi connectivity index (χ1n) is 9.71. The zero-order valence-corrected chi connectivity index (χ0v) is 21.2. The fraction of sp³-hybridized carbons (Fsp3) is 0.318. The molecule has 0 unspecified atom stereocenters. The molecule has 1 fully saturated rings. The van der Waals surface area contributed by atoms with Crippen LogP contribution < -0.4 is 10.1 Å². The molecule has 0 aliphatic carbocycles. The van der Waals surface area contributed by atoms with Gasteiger partial charge in [0.1, 0.15) is 11.5 Å². The topological polar surface area (TPSA) is 57.6 Å². The van der Waals surface area contributed by atoms with E-state index in [1.807, 2.05) is 36.4 Å². The van der Waals surface area contributed by atoms with Crippen molar-refractivity contribution >= 4 is 70.1 Å². The maximum Gasteiger partial charge on any atom is 0.176 e. The number of alkyl halides is 3. The Hall–Kier alpha value is -1.35. The van der Waals surface area contributed by atoms with Crippen LogP contribution in [0.2, 0.25) is 0 Å². The summed E-state index contributed by atoms with van der Waals surface area (Å²) in [6, 6.07) is 13.4. The monoisotopic (exact) mass is 597 g/mol. The molecule has 5 nitrogen and oxygen atoms in total. The van der Waals surface area contributed by atoms with Crippen LogP contribution >= 0.6 is 47.8 Å². The summed E-state index contributed by atoms with van der Waals surface area (Å²) < 4.78 is 4.78. The molecule has 1 aliphatic heterocycles. The number of benzene rings is 2. The van der Waals surface area contributed by atoms with Crippen molar-refractivity contribution in [3.05, 3.63) is 53.7 Å². The Balaban J connectivity index is 1.73. The van der Waals surface area contributed by atoms with Crippen molar-refractivity contribution in [1.29, 1.82) is 0 Å². The molecular weight excluding hydrogens is 578 g/mol. The summed E-state index contributed by atoms with van der Waals surface area (Å²) in [4.78, 5) is 7.11. The van der Waals surface area contributed by atoms with Crippen molar-refractivity contribution in [3.8, 4) is 11.5 Å². The Morgan fingerprint density at radius 3 is 2.57 bits per heavy atom. The molecule has 8 heteroatoms. The van der Waals surface area contributed by atoms with E-state index in [1.54, 1.807) is 13.2 Å². The van der Waals surface area contributed by atoms with E-state index >= 15 is 0 Å². The summed E-state index contributed by atoms with van der Waals surface area (Å²) >= 11 is 10.7. The minimum Gasteiger partial charge on any atom is -0.508 e. The van der Waals surface area contributed by atoms with Gasteiger partial charge in [-0.3, -0.25) is 4.90 Å². The van der Waals surface area contributed by atoms with Crippen molar-refractivity contribution in [2.45, 2.75) is 21.5 Å². The summed E-state index contributed by atoms with van der Waals surface area (Å²) in [5, 5.41) is 14.8. The van der Waals surface area contributed by atoms with E-state index in [1.165, 1.54) is 12.8 Å². The van der Waals surface area contributed by atoms with Crippen LogP contribution in [0.5, 0.6) is 11.5 Å². The Bertz CT molecular complexity index is 1060. The fourth-order valence-electron chi connectivity index (χ4n) is 3.71. The number of hydrogen-bond donors (Lipinski definition) is 2. The minimum absolute atomic E-state index is 0.329. The van der Waals surface area contributed by atoms with Gasteiger partial charge in [-0.25, -0.2) is 4.98 Å². The molecule has 1 aromatic heterocycles. The quantitative estimate of drug-likeness (QED) is 0.256. The second-order valence-electron chi connectivity index (χ2n) is 7.39. The lowest BCUT2D eigenvalue weighted by molar-refractivity contribution is 0.324. The number of methoxy groups -OCH3 is 1. The minimum atomic E-state index is -0.632. The molecule has 0 atom stereocenters. The van der Waals surface area contributed by atoms with Gasteiger partial charge in [-0.2, -0.15) is 0 Å². The van der Waals surface area contributed by atoms with Crippen LogP contribution in [-0.2, 0) is 8.69 Å². The summed E-state index contributed by atoms with van der Waals surface area (Å²) in [7, 11) is 1.65. The van der Waals surface area contributed by atoms with Gasteiger partial charge in [-0.05, 0) is 68.4 Å². The van der Waals surface area contributed by atoms with Gasteiger partial charge in [0.25, 0.3) is 0 Å². The van der Waals surface area contributed by atoms with Gasteiger partial charge in [-0.1, -0.05) is 47.8 Å². The van der Waals surface area contributed by atoms with Gasteiger partial charge in [0.15, 0.2) is 2.14 Å². The number of phenols is 1. The number of aromatic hydroxyl groups is 1. The van der Waals surface area contributed by atoms with E-state index in [0.29, 0.717) is 5.75 Å². The molecule has 158 valence electrons. The van der Waals surface area contributed by atoms with Crippen molar-refractivity contribution in [3.63, 3.8) is 0 Å². The maximum atomic E-state index is 10.4. The van der Waals surface area contributed by atoms with Gasteiger partial charge >= 0.3 is 0 Å². The number of hydrogen-bond acceptors (Lipinski definition) is 5. The van der Waals surface area contributed by atoms with Gasteiger partial charge in [-0.15, -0.1) is 0 Å². The number of halogens is 3. The predicted octanol–water partition coefficient (Wildman–Crippen LogP) is 6.58. The molecule has 2 aromatic carbocycles. The molecule has 1 aliphatic rings. The lowest BCUT2D eigenvalue weighted by Crippen LogP contribution is -2.18. The molecule has 0 bridgehead atoms. The van der Waals surface area contributed by atoms with Crippen molar-refractivity contribution in [2.24, 2.45) is 0 Å². The Morgan fingerprint density at radius 1 is 1.10 bits per heavy atom. The molecule has 3 aromatic rings. The van der Waals surface area contributed by atoms with Crippen LogP contribution in [-0.4, -0.2) is 35.2 Å². The van der Waals surface area contributed by atoms with Gasteiger partial charge in [0.2, 0.25) is 0 Å². The number of fused-ring (bicyclic) bond motifs is 1. The SMILES string of the molecule is COc1ccc2nc(C(Br)(Br)Br)cc(Nc3ccc(O)c(CN4CCCC4)c3)c2c1. The highest BCUT2D eigenvalue weighted by Gasteiger charge is 2.24. The first-order chi connectivity index (χ1) is 14.3. The number of phenolic OH excluding ortho intramolecular Hbond substituents is 1. The summed E-state index contributed by atoms with van der Waals surface area (Å²) in [6.45, 7) is 2.92. The third-order valence-electron chi connectivity index (χ3n) is 5.26. The number of rotatable bonds is 5.